The number of anilines is 1. The van der Waals surface area contributed by atoms with Gasteiger partial charge in [-0.15, -0.1) is 0 Å². The zero-order valence-corrected chi connectivity index (χ0v) is 15.9. The Labute approximate surface area is 154 Å². The maximum Gasteiger partial charge on any atom is 0.410 e. The summed E-state index contributed by atoms with van der Waals surface area (Å²) >= 11 is 6.43. The molecule has 1 saturated carbocycles. The van der Waals surface area contributed by atoms with Gasteiger partial charge < -0.3 is 20.1 Å². The number of piperidine rings is 1. The van der Waals surface area contributed by atoms with Gasteiger partial charge in [0.25, 0.3) is 0 Å². The Hall–Kier alpha value is -1.62. The number of nitrogen functional groups attached to an aromatic ring is 1. The highest BCUT2D eigenvalue weighted by Gasteiger charge is 2.30. The second-order valence-electron chi connectivity index (χ2n) is 7.97. The average molecular weight is 367 g/mol. The summed E-state index contributed by atoms with van der Waals surface area (Å²) in [5.74, 6) is 1.03. The lowest BCUT2D eigenvalue weighted by molar-refractivity contribution is 0.0205. The van der Waals surface area contributed by atoms with Crippen molar-refractivity contribution in [1.82, 2.24) is 4.90 Å². The third-order valence-corrected chi connectivity index (χ3v) is 4.86. The molecule has 3 rings (SSSR count). The van der Waals surface area contributed by atoms with E-state index in [4.69, 9.17) is 26.8 Å². The molecule has 1 aliphatic carbocycles. The topological polar surface area (TPSA) is 64.8 Å². The summed E-state index contributed by atoms with van der Waals surface area (Å²) in [5, 5.41) is 0.677. The number of amides is 1. The molecule has 0 spiro atoms. The van der Waals surface area contributed by atoms with E-state index in [-0.39, 0.29) is 6.09 Å². The van der Waals surface area contributed by atoms with Crippen molar-refractivity contribution in [2.24, 2.45) is 0 Å². The maximum atomic E-state index is 12.2. The summed E-state index contributed by atoms with van der Waals surface area (Å²) in [4.78, 5) is 14.0. The van der Waals surface area contributed by atoms with Crippen LogP contribution in [0.4, 0.5) is 10.5 Å². The summed E-state index contributed by atoms with van der Waals surface area (Å²) in [6.45, 7) is 6.98. The largest absolute Gasteiger partial charge is 0.488 e. The molecule has 2 N–H and O–H groups in total. The number of carbonyl (C=O) groups is 1. The second-order valence-corrected chi connectivity index (χ2v) is 8.38. The molecule has 0 atom stereocenters. The van der Waals surface area contributed by atoms with Crippen molar-refractivity contribution < 1.29 is 14.3 Å². The first-order valence-corrected chi connectivity index (χ1v) is 9.34. The van der Waals surface area contributed by atoms with Crippen LogP contribution >= 0.6 is 11.6 Å². The third-order valence-electron chi connectivity index (χ3n) is 4.53. The van der Waals surface area contributed by atoms with Gasteiger partial charge in [-0.2, -0.15) is 0 Å². The Morgan fingerprint density at radius 1 is 1.20 bits per heavy atom. The van der Waals surface area contributed by atoms with Gasteiger partial charge in [0, 0.05) is 18.1 Å². The molecule has 5 nitrogen and oxygen atoms in total. The number of hydrogen-bond acceptors (Lipinski definition) is 4. The summed E-state index contributed by atoms with van der Waals surface area (Å²) in [6.07, 6.45) is 3.94. The molecule has 0 bridgehead atoms. The van der Waals surface area contributed by atoms with Crippen molar-refractivity contribution in [3.63, 3.8) is 0 Å². The van der Waals surface area contributed by atoms with Gasteiger partial charge in [0.15, 0.2) is 0 Å². The molecule has 2 fully saturated rings. The van der Waals surface area contributed by atoms with Crippen molar-refractivity contribution in [1.29, 1.82) is 0 Å². The summed E-state index contributed by atoms with van der Waals surface area (Å²) in [6, 6.07) is 3.78. The molecule has 0 radical (unpaired) electrons. The van der Waals surface area contributed by atoms with Gasteiger partial charge in [-0.1, -0.05) is 11.6 Å². The molecule has 1 heterocycles. The number of likely N-dealkylation sites (tertiary alicyclic amines) is 1. The number of hydrogen-bond donors (Lipinski definition) is 1. The lowest BCUT2D eigenvalue weighted by atomic mass is 9.89. The van der Waals surface area contributed by atoms with Crippen LogP contribution in [0.25, 0.3) is 0 Å². The smallest absolute Gasteiger partial charge is 0.410 e. The van der Waals surface area contributed by atoms with Gasteiger partial charge in [-0.25, -0.2) is 4.79 Å². The van der Waals surface area contributed by atoms with E-state index in [1.807, 2.05) is 26.8 Å². The third kappa shape index (κ3) is 4.72. The van der Waals surface area contributed by atoms with Crippen LogP contribution in [0, 0.1) is 0 Å². The maximum absolute atomic E-state index is 12.2. The van der Waals surface area contributed by atoms with Gasteiger partial charge in [-0.3, -0.25) is 0 Å². The summed E-state index contributed by atoms with van der Waals surface area (Å²) in [5.41, 5.74) is 7.22. The molecule has 1 aromatic rings. The zero-order valence-electron chi connectivity index (χ0n) is 15.2. The number of benzene rings is 1. The van der Waals surface area contributed by atoms with Gasteiger partial charge in [0.1, 0.15) is 11.4 Å². The molecular weight excluding hydrogens is 340 g/mol. The number of ether oxygens (including phenoxy) is 2. The Morgan fingerprint density at radius 3 is 2.40 bits per heavy atom. The Morgan fingerprint density at radius 2 is 1.84 bits per heavy atom. The van der Waals surface area contributed by atoms with Crippen molar-refractivity contribution in [2.75, 3.05) is 18.8 Å². The molecule has 138 valence electrons. The number of nitrogens with zero attached hydrogens (tertiary/aromatic N) is 1. The van der Waals surface area contributed by atoms with Crippen LogP contribution in [0.15, 0.2) is 12.1 Å². The minimum Gasteiger partial charge on any atom is -0.488 e. The van der Waals surface area contributed by atoms with Gasteiger partial charge in [0.2, 0.25) is 0 Å². The summed E-state index contributed by atoms with van der Waals surface area (Å²) in [7, 11) is 0. The first-order chi connectivity index (χ1) is 11.7. The normalized spacial score (nSPS) is 19.0. The van der Waals surface area contributed by atoms with Crippen molar-refractivity contribution >= 4 is 23.4 Å². The van der Waals surface area contributed by atoms with Crippen LogP contribution in [0.3, 0.4) is 0 Å². The van der Waals surface area contributed by atoms with E-state index in [2.05, 4.69) is 0 Å². The molecule has 1 aliphatic heterocycles. The first-order valence-electron chi connectivity index (χ1n) is 8.96. The van der Waals surface area contributed by atoms with Crippen LogP contribution in [-0.4, -0.2) is 35.8 Å². The molecule has 0 unspecified atom stereocenters. The molecular formula is C19H27ClN2O3. The van der Waals surface area contributed by atoms with E-state index in [1.54, 1.807) is 11.0 Å². The van der Waals surface area contributed by atoms with E-state index in [1.165, 1.54) is 0 Å². The van der Waals surface area contributed by atoms with Crippen LogP contribution in [0.1, 0.15) is 57.9 Å². The van der Waals surface area contributed by atoms with E-state index >= 15 is 0 Å². The second kappa shape index (κ2) is 6.94. The van der Waals surface area contributed by atoms with Crippen LogP contribution in [0.5, 0.6) is 5.75 Å². The Bertz CT molecular complexity index is 645. The fourth-order valence-corrected chi connectivity index (χ4v) is 3.39. The number of nitrogens with two attached hydrogens (primary N) is 1. The predicted molar refractivity (Wildman–Crippen MR) is 99.3 cm³/mol. The molecule has 0 aromatic heterocycles. The molecule has 1 saturated heterocycles. The van der Waals surface area contributed by atoms with Crippen molar-refractivity contribution in [3.8, 4) is 5.75 Å². The molecule has 1 amide bonds. The Balaban J connectivity index is 1.65. The highest BCUT2D eigenvalue weighted by atomic mass is 35.5. The fraction of sp³-hybridized carbons (Fsp3) is 0.632. The van der Waals surface area contributed by atoms with Crippen molar-refractivity contribution in [3.05, 3.63) is 22.7 Å². The van der Waals surface area contributed by atoms with Gasteiger partial charge in [0.05, 0.1) is 11.8 Å². The predicted octanol–water partition coefficient (Wildman–Crippen LogP) is 4.58. The molecule has 2 aliphatic rings. The van der Waals surface area contributed by atoms with Crippen LogP contribution < -0.4 is 10.5 Å². The minimum atomic E-state index is -0.469. The first kappa shape index (κ1) is 18.2. The van der Waals surface area contributed by atoms with E-state index in [9.17, 15) is 4.79 Å². The number of carbonyl (C=O) groups excluding carboxylic acids is 1. The SMILES string of the molecule is CC(C)(C)OC(=O)N1CCC(c2cc(OC3CC3)c(N)cc2Cl)CC1. The average Bonchev–Trinajstić information content (AvgIpc) is 3.32. The van der Waals surface area contributed by atoms with E-state index in [0.29, 0.717) is 35.8 Å². The fourth-order valence-electron chi connectivity index (χ4n) is 3.06. The van der Waals surface area contributed by atoms with Gasteiger partial charge in [-0.05, 0) is 70.1 Å². The number of halogens is 1. The standard InChI is InChI=1S/C19H27ClN2O3/c1-19(2,3)25-18(23)22-8-6-12(7-9-22)14-10-17(24-13-4-5-13)16(21)11-15(14)20/h10-13H,4-9,21H2,1-3H3. The molecule has 6 heteroatoms. The molecule has 25 heavy (non-hydrogen) atoms. The minimum absolute atomic E-state index is 0.243. The quantitative estimate of drug-likeness (QED) is 0.795. The number of rotatable bonds is 3. The van der Waals surface area contributed by atoms with E-state index in [0.717, 1.165) is 37.0 Å². The highest BCUT2D eigenvalue weighted by molar-refractivity contribution is 6.31. The van der Waals surface area contributed by atoms with E-state index < -0.39 is 5.60 Å². The molecule has 1 aromatic carbocycles. The van der Waals surface area contributed by atoms with Crippen molar-refractivity contribution in [2.45, 2.75) is 64.1 Å². The lowest BCUT2D eigenvalue weighted by Crippen LogP contribution is -2.41. The lowest BCUT2D eigenvalue weighted by Gasteiger charge is -2.34. The van der Waals surface area contributed by atoms with Gasteiger partial charge >= 0.3 is 6.09 Å². The van der Waals surface area contributed by atoms with Crippen LogP contribution in [0.2, 0.25) is 5.02 Å². The Kier molecular flexibility index (Phi) is 5.05. The van der Waals surface area contributed by atoms with Crippen LogP contribution in [-0.2, 0) is 4.74 Å². The highest BCUT2D eigenvalue weighted by Crippen LogP contribution is 2.40. The monoisotopic (exact) mass is 366 g/mol. The summed E-state index contributed by atoms with van der Waals surface area (Å²) < 4.78 is 11.3. The zero-order chi connectivity index (χ0) is 18.2.